The average molecular weight is 205 g/mol. The van der Waals surface area contributed by atoms with Gasteiger partial charge in [-0.25, -0.2) is 4.79 Å². The molecule has 0 aliphatic carbocycles. The van der Waals surface area contributed by atoms with Gasteiger partial charge in [-0.15, -0.1) is 0 Å². The lowest BCUT2D eigenvalue weighted by Gasteiger charge is -2.01. The molecule has 0 radical (unpaired) electrons. The molecule has 0 amide bonds. The highest BCUT2D eigenvalue weighted by atomic mass is 16.4. The quantitative estimate of drug-likeness (QED) is 0.663. The molecule has 0 unspecified atom stereocenters. The number of aromatic carboxylic acids is 1. The Morgan fingerprint density at radius 1 is 1.40 bits per heavy atom. The molecule has 0 fully saturated rings. The van der Waals surface area contributed by atoms with E-state index in [1.54, 1.807) is 6.07 Å². The van der Waals surface area contributed by atoms with Crippen LogP contribution in [-0.4, -0.2) is 26.3 Å². The summed E-state index contributed by atoms with van der Waals surface area (Å²) in [6.45, 7) is 0. The minimum atomic E-state index is -1.26. The first-order valence-electron chi connectivity index (χ1n) is 4.15. The summed E-state index contributed by atoms with van der Waals surface area (Å²) in [5.41, 5.74) is -0.0985. The molecule has 0 aromatic carbocycles. The minimum absolute atomic E-state index is 0.290. The first kappa shape index (κ1) is 9.20. The number of nitrogens with one attached hydrogen (secondary N) is 2. The predicted octanol–water partition coefficient (Wildman–Crippen LogP) is 0.463. The summed E-state index contributed by atoms with van der Waals surface area (Å²) >= 11 is 0. The summed E-state index contributed by atoms with van der Waals surface area (Å²) in [7, 11) is 0. The third-order valence-electron chi connectivity index (χ3n) is 1.97. The van der Waals surface area contributed by atoms with Gasteiger partial charge in [-0.1, -0.05) is 0 Å². The number of aromatic amines is 2. The zero-order valence-electron chi connectivity index (χ0n) is 7.52. The van der Waals surface area contributed by atoms with Crippen molar-refractivity contribution in [3.63, 3.8) is 0 Å². The van der Waals surface area contributed by atoms with E-state index >= 15 is 0 Å². The Morgan fingerprint density at radius 2 is 2.20 bits per heavy atom. The molecule has 0 saturated carbocycles. The summed E-state index contributed by atoms with van der Waals surface area (Å²) in [4.78, 5) is 24.5. The van der Waals surface area contributed by atoms with E-state index in [0.717, 1.165) is 0 Å². The van der Waals surface area contributed by atoms with Crippen molar-refractivity contribution in [2.75, 3.05) is 0 Å². The van der Waals surface area contributed by atoms with Crippen LogP contribution in [0.25, 0.3) is 11.3 Å². The van der Waals surface area contributed by atoms with Crippen molar-refractivity contribution in [1.29, 1.82) is 0 Å². The van der Waals surface area contributed by atoms with Crippen molar-refractivity contribution >= 4 is 5.97 Å². The van der Waals surface area contributed by atoms with Crippen molar-refractivity contribution in [3.8, 4) is 11.3 Å². The van der Waals surface area contributed by atoms with E-state index in [-0.39, 0.29) is 5.56 Å². The van der Waals surface area contributed by atoms with Crippen LogP contribution in [0, 0.1) is 0 Å². The zero-order chi connectivity index (χ0) is 10.8. The molecule has 2 aromatic heterocycles. The minimum Gasteiger partial charge on any atom is -0.477 e. The maximum absolute atomic E-state index is 11.3. The average Bonchev–Trinajstić information content (AvgIpc) is 2.69. The molecule has 76 valence electrons. The van der Waals surface area contributed by atoms with E-state index in [9.17, 15) is 9.59 Å². The third-order valence-corrected chi connectivity index (χ3v) is 1.97. The van der Waals surface area contributed by atoms with E-state index < -0.39 is 11.5 Å². The fraction of sp³-hybridized carbons (Fsp3) is 0. The van der Waals surface area contributed by atoms with E-state index in [4.69, 9.17) is 5.11 Å². The number of carboxylic acids is 1. The lowest BCUT2D eigenvalue weighted by atomic mass is 10.1. The molecule has 0 bridgehead atoms. The lowest BCUT2D eigenvalue weighted by molar-refractivity contribution is 0.0696. The fourth-order valence-electron chi connectivity index (χ4n) is 1.32. The van der Waals surface area contributed by atoms with Crippen LogP contribution in [0.2, 0.25) is 0 Å². The van der Waals surface area contributed by atoms with Crippen LogP contribution in [0.3, 0.4) is 0 Å². The van der Waals surface area contributed by atoms with E-state index in [1.165, 1.54) is 18.5 Å². The molecule has 6 heteroatoms. The molecular weight excluding hydrogens is 198 g/mol. The number of H-pyrrole nitrogens is 2. The Labute approximate surface area is 83.6 Å². The molecule has 0 aliphatic heterocycles. The topological polar surface area (TPSA) is 98.8 Å². The van der Waals surface area contributed by atoms with Crippen LogP contribution in [0.5, 0.6) is 0 Å². The number of hydrogen-bond acceptors (Lipinski definition) is 3. The molecular formula is C9H7N3O3. The Morgan fingerprint density at radius 3 is 2.80 bits per heavy atom. The summed E-state index contributed by atoms with van der Waals surface area (Å²) < 4.78 is 0. The SMILES string of the molecule is O=C(O)c1c(-c2ccn[nH]2)cc[nH]c1=O. The molecule has 0 aliphatic rings. The van der Waals surface area contributed by atoms with Gasteiger partial charge in [-0.05, 0) is 12.1 Å². The second-order valence-electron chi connectivity index (χ2n) is 2.87. The monoisotopic (exact) mass is 205 g/mol. The van der Waals surface area contributed by atoms with Crippen LogP contribution in [0.15, 0.2) is 29.3 Å². The fourth-order valence-corrected chi connectivity index (χ4v) is 1.32. The molecule has 2 rings (SSSR count). The zero-order valence-corrected chi connectivity index (χ0v) is 7.52. The number of hydrogen-bond donors (Lipinski definition) is 3. The van der Waals surface area contributed by atoms with Crippen LogP contribution in [-0.2, 0) is 0 Å². The van der Waals surface area contributed by atoms with E-state index in [0.29, 0.717) is 11.3 Å². The maximum atomic E-state index is 11.3. The molecule has 2 aromatic rings. The number of aromatic nitrogens is 3. The normalized spacial score (nSPS) is 10.1. The van der Waals surface area contributed by atoms with Gasteiger partial charge < -0.3 is 10.1 Å². The number of nitrogens with zero attached hydrogens (tertiary/aromatic N) is 1. The van der Waals surface area contributed by atoms with Crippen LogP contribution >= 0.6 is 0 Å². The lowest BCUT2D eigenvalue weighted by Crippen LogP contribution is -2.18. The number of rotatable bonds is 2. The first-order chi connectivity index (χ1) is 7.20. The Balaban J connectivity index is 2.72. The Bertz CT molecular complexity index is 542. The molecule has 3 N–H and O–H groups in total. The highest BCUT2D eigenvalue weighted by Gasteiger charge is 2.16. The molecule has 6 nitrogen and oxygen atoms in total. The van der Waals surface area contributed by atoms with Crippen molar-refractivity contribution in [2.45, 2.75) is 0 Å². The van der Waals surface area contributed by atoms with Crippen LogP contribution in [0.4, 0.5) is 0 Å². The molecule has 0 atom stereocenters. The van der Waals surface area contributed by atoms with Gasteiger partial charge in [0, 0.05) is 18.0 Å². The van der Waals surface area contributed by atoms with Gasteiger partial charge in [-0.3, -0.25) is 9.89 Å². The van der Waals surface area contributed by atoms with Crippen LogP contribution < -0.4 is 5.56 Å². The Kier molecular flexibility index (Phi) is 2.09. The maximum Gasteiger partial charge on any atom is 0.342 e. The van der Waals surface area contributed by atoms with Gasteiger partial charge in [-0.2, -0.15) is 5.10 Å². The second-order valence-corrected chi connectivity index (χ2v) is 2.87. The van der Waals surface area contributed by atoms with Gasteiger partial charge in [0.1, 0.15) is 5.56 Å². The molecule has 0 saturated heterocycles. The summed E-state index contributed by atoms with van der Waals surface area (Å²) in [6.07, 6.45) is 2.88. The third kappa shape index (κ3) is 1.52. The van der Waals surface area contributed by atoms with Crippen molar-refractivity contribution < 1.29 is 9.90 Å². The summed E-state index contributed by atoms with van der Waals surface area (Å²) in [6, 6.07) is 3.11. The first-order valence-corrected chi connectivity index (χ1v) is 4.15. The van der Waals surface area contributed by atoms with Gasteiger partial charge in [0.25, 0.3) is 5.56 Å². The van der Waals surface area contributed by atoms with E-state index in [2.05, 4.69) is 15.2 Å². The smallest absolute Gasteiger partial charge is 0.342 e. The molecule has 2 heterocycles. The predicted molar refractivity (Wildman–Crippen MR) is 51.6 cm³/mol. The largest absolute Gasteiger partial charge is 0.477 e. The summed E-state index contributed by atoms with van der Waals surface area (Å²) in [5, 5.41) is 15.2. The van der Waals surface area contributed by atoms with Crippen LogP contribution in [0.1, 0.15) is 10.4 Å². The highest BCUT2D eigenvalue weighted by Crippen LogP contribution is 2.17. The van der Waals surface area contributed by atoms with Gasteiger partial charge in [0.05, 0.1) is 5.69 Å². The highest BCUT2D eigenvalue weighted by molar-refractivity contribution is 5.94. The van der Waals surface area contributed by atoms with Gasteiger partial charge >= 0.3 is 5.97 Å². The van der Waals surface area contributed by atoms with E-state index in [1.807, 2.05) is 0 Å². The van der Waals surface area contributed by atoms with Gasteiger partial charge in [0.15, 0.2) is 0 Å². The number of carbonyl (C=O) groups is 1. The van der Waals surface area contributed by atoms with Crippen molar-refractivity contribution in [1.82, 2.24) is 15.2 Å². The van der Waals surface area contributed by atoms with Gasteiger partial charge in [0.2, 0.25) is 0 Å². The van der Waals surface area contributed by atoms with Crippen molar-refractivity contribution in [3.05, 3.63) is 40.4 Å². The molecule has 15 heavy (non-hydrogen) atoms. The number of carboxylic acid groups (broad SMARTS) is 1. The second kappa shape index (κ2) is 3.41. The standard InChI is InChI=1S/C9H7N3O3/c13-8-7(9(14)15)5(1-3-10-8)6-2-4-11-12-6/h1-4H,(H,10,13)(H,11,12)(H,14,15). The van der Waals surface area contributed by atoms with Crippen molar-refractivity contribution in [2.24, 2.45) is 0 Å². The molecule has 0 spiro atoms. The number of pyridine rings is 1. The Hall–Kier alpha value is -2.37. The summed E-state index contributed by atoms with van der Waals surface area (Å²) in [5.74, 6) is -1.26.